The molecule has 4 rings (SSSR count). The number of nitrogens with two attached hydrogens (primary N) is 1. The molecule has 2 aromatic heterocycles. The Morgan fingerprint density at radius 1 is 1.19 bits per heavy atom. The number of imidazole rings is 1. The minimum atomic E-state index is -1.03. The molecule has 1 aliphatic rings. The zero-order chi connectivity index (χ0) is 23.2. The summed E-state index contributed by atoms with van der Waals surface area (Å²) in [5.41, 5.74) is 5.32. The number of benzene rings is 1. The molecule has 168 valence electrons. The van der Waals surface area contributed by atoms with Crippen molar-refractivity contribution >= 4 is 29.1 Å². The number of aromatic nitrogens is 3. The van der Waals surface area contributed by atoms with Gasteiger partial charge in [0.2, 0.25) is 5.91 Å². The normalized spacial score (nSPS) is 14.9. The molecule has 1 aromatic carbocycles. The Morgan fingerprint density at radius 2 is 1.94 bits per heavy atom. The molecule has 3 N–H and O–H groups in total. The molecular weight excluding hydrogens is 445 g/mol. The Hall–Kier alpha value is -3.11. The minimum Gasteiger partial charge on any atom is -0.327 e. The van der Waals surface area contributed by atoms with Gasteiger partial charge < -0.3 is 20.5 Å². The summed E-state index contributed by atoms with van der Waals surface area (Å²) < 4.78 is 43.3. The number of nitrogens with zero attached hydrogens (tertiary/aromatic N) is 4. The number of anilines is 2. The predicted molar refractivity (Wildman–Crippen MR) is 114 cm³/mol. The molecule has 0 radical (unpaired) electrons. The lowest BCUT2D eigenvalue weighted by Gasteiger charge is -2.42. The van der Waals surface area contributed by atoms with Gasteiger partial charge in [-0.2, -0.15) is 0 Å². The second-order valence-electron chi connectivity index (χ2n) is 7.83. The van der Waals surface area contributed by atoms with Crippen molar-refractivity contribution in [2.75, 3.05) is 18.4 Å². The van der Waals surface area contributed by atoms with Crippen LogP contribution in [-0.4, -0.2) is 38.4 Å². The van der Waals surface area contributed by atoms with Crippen molar-refractivity contribution in [1.29, 1.82) is 0 Å². The predicted octanol–water partition coefficient (Wildman–Crippen LogP) is 3.80. The van der Waals surface area contributed by atoms with Gasteiger partial charge in [0, 0.05) is 24.7 Å². The molecule has 7 nitrogen and oxygen atoms in total. The lowest BCUT2D eigenvalue weighted by molar-refractivity contribution is -0.137. The average Bonchev–Trinajstić information content (AvgIpc) is 3.12. The van der Waals surface area contributed by atoms with Crippen molar-refractivity contribution in [3.05, 3.63) is 58.8 Å². The Bertz CT molecular complexity index is 1210. The lowest BCUT2D eigenvalue weighted by Crippen LogP contribution is -2.53. The van der Waals surface area contributed by atoms with E-state index in [1.807, 2.05) is 18.4 Å². The summed E-state index contributed by atoms with van der Waals surface area (Å²) in [5.74, 6) is -1.89. The van der Waals surface area contributed by atoms with Crippen LogP contribution in [0.3, 0.4) is 0 Å². The van der Waals surface area contributed by atoms with Crippen LogP contribution in [0.5, 0.6) is 0 Å². The highest BCUT2D eigenvalue weighted by Gasteiger charge is 2.41. The SMILES string of the molecule is CC1(C)c2nc(-c3ccc(F)c(F)c3)c(Nc3cc(F)c(Cl)cn3)n2CCN1C(=O)CN. The second-order valence-corrected chi connectivity index (χ2v) is 8.24. The zero-order valence-electron chi connectivity index (χ0n) is 17.3. The van der Waals surface area contributed by atoms with Crippen molar-refractivity contribution in [3.8, 4) is 11.3 Å². The molecule has 0 fully saturated rings. The van der Waals surface area contributed by atoms with E-state index < -0.39 is 23.0 Å². The molecule has 11 heteroatoms. The quantitative estimate of drug-likeness (QED) is 0.613. The molecule has 3 aromatic rings. The maximum absolute atomic E-state index is 14.0. The van der Waals surface area contributed by atoms with Crippen LogP contribution in [-0.2, 0) is 16.9 Å². The number of halogens is 4. The van der Waals surface area contributed by atoms with E-state index in [0.29, 0.717) is 36.0 Å². The van der Waals surface area contributed by atoms with Gasteiger partial charge in [-0.15, -0.1) is 0 Å². The zero-order valence-corrected chi connectivity index (χ0v) is 18.1. The largest absolute Gasteiger partial charge is 0.327 e. The van der Waals surface area contributed by atoms with E-state index in [2.05, 4.69) is 15.3 Å². The van der Waals surface area contributed by atoms with Crippen molar-refractivity contribution in [2.24, 2.45) is 5.73 Å². The van der Waals surface area contributed by atoms with Gasteiger partial charge >= 0.3 is 0 Å². The smallest absolute Gasteiger partial charge is 0.237 e. The molecule has 0 saturated heterocycles. The number of pyridine rings is 1. The molecular formula is C21H20ClF3N6O. The maximum atomic E-state index is 14.0. The third kappa shape index (κ3) is 3.69. The molecule has 0 atom stereocenters. The van der Waals surface area contributed by atoms with Gasteiger partial charge in [-0.25, -0.2) is 23.1 Å². The third-order valence-electron chi connectivity index (χ3n) is 5.46. The van der Waals surface area contributed by atoms with Crippen molar-refractivity contribution in [1.82, 2.24) is 19.4 Å². The van der Waals surface area contributed by atoms with Crippen molar-refractivity contribution in [2.45, 2.75) is 25.9 Å². The van der Waals surface area contributed by atoms with E-state index in [1.54, 1.807) is 4.90 Å². The molecule has 1 aliphatic heterocycles. The number of hydrogen-bond donors (Lipinski definition) is 2. The van der Waals surface area contributed by atoms with Gasteiger partial charge in [0.05, 0.1) is 23.3 Å². The number of carbonyl (C=O) groups is 1. The average molecular weight is 465 g/mol. The Balaban J connectivity index is 1.89. The van der Waals surface area contributed by atoms with Gasteiger partial charge in [-0.1, -0.05) is 11.6 Å². The standard InChI is InChI=1S/C21H20ClF3N6O/c1-21(2)20-29-18(11-3-4-13(23)15(25)7-11)19(28-16-8-14(24)12(22)10-27-16)30(20)5-6-31(21)17(32)9-26/h3-4,7-8,10H,5-6,9,26H2,1-2H3,(H,27,28). The van der Waals surface area contributed by atoms with Crippen LogP contribution in [0.4, 0.5) is 24.8 Å². The minimum absolute atomic E-state index is 0.135. The molecule has 0 spiro atoms. The number of nitrogens with one attached hydrogen (secondary N) is 1. The first-order valence-electron chi connectivity index (χ1n) is 9.78. The van der Waals surface area contributed by atoms with Gasteiger partial charge in [-0.05, 0) is 32.0 Å². The van der Waals surface area contributed by atoms with Gasteiger partial charge in [0.1, 0.15) is 29.0 Å². The highest BCUT2D eigenvalue weighted by molar-refractivity contribution is 6.30. The van der Waals surface area contributed by atoms with Crippen LogP contribution in [0.15, 0.2) is 30.5 Å². The number of rotatable bonds is 4. The Labute approximate surface area is 187 Å². The fourth-order valence-electron chi connectivity index (χ4n) is 3.86. The molecule has 1 amide bonds. The Kier molecular flexibility index (Phi) is 5.59. The van der Waals surface area contributed by atoms with Crippen molar-refractivity contribution < 1.29 is 18.0 Å². The molecule has 32 heavy (non-hydrogen) atoms. The Morgan fingerprint density at radius 3 is 2.59 bits per heavy atom. The van der Waals surface area contributed by atoms with Gasteiger partial charge in [-0.3, -0.25) is 4.79 Å². The number of hydrogen-bond acceptors (Lipinski definition) is 5. The first-order chi connectivity index (χ1) is 15.1. The summed E-state index contributed by atoms with van der Waals surface area (Å²) in [4.78, 5) is 22.8. The monoisotopic (exact) mass is 464 g/mol. The molecule has 0 saturated carbocycles. The van der Waals surface area contributed by atoms with Crippen LogP contribution in [0.2, 0.25) is 5.02 Å². The molecule has 3 heterocycles. The summed E-state index contributed by atoms with van der Waals surface area (Å²) in [7, 11) is 0. The fraction of sp³-hybridized carbons (Fsp3) is 0.286. The van der Waals surface area contributed by atoms with E-state index in [-0.39, 0.29) is 23.3 Å². The number of fused-ring (bicyclic) bond motifs is 1. The van der Waals surface area contributed by atoms with Crippen LogP contribution in [0.1, 0.15) is 19.7 Å². The van der Waals surface area contributed by atoms with Crippen LogP contribution >= 0.6 is 11.6 Å². The van der Waals surface area contributed by atoms with Crippen LogP contribution < -0.4 is 11.1 Å². The highest BCUT2D eigenvalue weighted by atomic mass is 35.5. The first kappa shape index (κ1) is 22.1. The molecule has 0 bridgehead atoms. The van der Waals surface area contributed by atoms with Gasteiger partial charge in [0.25, 0.3) is 0 Å². The van der Waals surface area contributed by atoms with E-state index in [4.69, 9.17) is 17.3 Å². The summed E-state index contributed by atoms with van der Waals surface area (Å²) >= 11 is 5.73. The van der Waals surface area contributed by atoms with E-state index in [1.165, 1.54) is 6.07 Å². The van der Waals surface area contributed by atoms with Crippen molar-refractivity contribution in [3.63, 3.8) is 0 Å². The van der Waals surface area contributed by atoms with E-state index in [9.17, 15) is 18.0 Å². The van der Waals surface area contributed by atoms with E-state index in [0.717, 1.165) is 24.4 Å². The molecule has 0 aliphatic carbocycles. The second kappa shape index (κ2) is 8.10. The fourth-order valence-corrected chi connectivity index (χ4v) is 3.96. The maximum Gasteiger partial charge on any atom is 0.237 e. The number of carbonyl (C=O) groups excluding carboxylic acids is 1. The molecule has 0 unspecified atom stereocenters. The highest BCUT2D eigenvalue weighted by Crippen LogP contribution is 2.39. The summed E-state index contributed by atoms with van der Waals surface area (Å²) in [5, 5.41) is 2.89. The first-order valence-corrected chi connectivity index (χ1v) is 10.2. The summed E-state index contributed by atoms with van der Waals surface area (Å²) in [6, 6.07) is 4.54. The lowest BCUT2D eigenvalue weighted by atomic mass is 9.99. The topological polar surface area (TPSA) is 89.1 Å². The summed E-state index contributed by atoms with van der Waals surface area (Å²) in [6.45, 7) is 4.18. The van der Waals surface area contributed by atoms with E-state index >= 15 is 0 Å². The van der Waals surface area contributed by atoms with Gasteiger partial charge in [0.15, 0.2) is 11.6 Å². The summed E-state index contributed by atoms with van der Waals surface area (Å²) in [6.07, 6.45) is 1.16. The number of amides is 1. The van der Waals surface area contributed by atoms with Crippen LogP contribution in [0.25, 0.3) is 11.3 Å². The third-order valence-corrected chi connectivity index (χ3v) is 5.74. The van der Waals surface area contributed by atoms with Crippen LogP contribution in [0, 0.1) is 17.5 Å².